The number of carbonyl (C=O) groups excluding carboxylic acids is 2. The van der Waals surface area contributed by atoms with Crippen molar-refractivity contribution in [1.29, 1.82) is 0 Å². The molecule has 0 spiro atoms. The van der Waals surface area contributed by atoms with E-state index in [1.807, 2.05) is 68.4 Å². The van der Waals surface area contributed by atoms with Gasteiger partial charge in [-0.1, -0.05) is 42.5 Å². The maximum absolute atomic E-state index is 13.2. The van der Waals surface area contributed by atoms with Gasteiger partial charge in [-0.3, -0.25) is 9.59 Å². The van der Waals surface area contributed by atoms with E-state index in [1.54, 1.807) is 17.0 Å². The second kappa shape index (κ2) is 8.57. The van der Waals surface area contributed by atoms with Gasteiger partial charge in [0.15, 0.2) is 5.76 Å². The lowest BCUT2D eigenvalue weighted by atomic mass is 10.0. The number of nitrogens with one attached hydrogen (secondary N) is 1. The summed E-state index contributed by atoms with van der Waals surface area (Å²) in [4.78, 5) is 26.4. The number of hydrogen-bond acceptors (Lipinski definition) is 3. The van der Waals surface area contributed by atoms with Crippen LogP contribution in [0.1, 0.15) is 47.3 Å². The summed E-state index contributed by atoms with van der Waals surface area (Å²) in [6.07, 6.45) is 0. The summed E-state index contributed by atoms with van der Waals surface area (Å²) < 4.78 is 5.58. The molecule has 0 saturated carbocycles. The lowest BCUT2D eigenvalue weighted by Gasteiger charge is -2.29. The molecule has 0 aliphatic heterocycles. The Hall–Kier alpha value is -3.34. The quantitative estimate of drug-likeness (QED) is 0.662. The van der Waals surface area contributed by atoms with E-state index in [1.165, 1.54) is 6.92 Å². The average Bonchev–Trinajstić information content (AvgIpc) is 3.12. The Morgan fingerprint density at radius 1 is 1.04 bits per heavy atom. The zero-order valence-corrected chi connectivity index (χ0v) is 16.3. The molecule has 3 rings (SSSR count). The Kier molecular flexibility index (Phi) is 5.94. The highest BCUT2D eigenvalue weighted by Crippen LogP contribution is 2.27. The van der Waals surface area contributed by atoms with Crippen LogP contribution in [0.3, 0.4) is 0 Å². The largest absolute Gasteiger partial charge is 0.456 e. The van der Waals surface area contributed by atoms with Crippen molar-refractivity contribution in [3.8, 4) is 0 Å². The SMILES string of the molecule is CC(=O)Nc1cccc(C(C)N(Cc2ccccc2)C(=O)c2ccc(C)o2)c1. The van der Waals surface area contributed by atoms with Crippen LogP contribution in [0.15, 0.2) is 71.1 Å². The van der Waals surface area contributed by atoms with Gasteiger partial charge in [0.05, 0.1) is 6.04 Å². The van der Waals surface area contributed by atoms with Crippen LogP contribution in [-0.2, 0) is 11.3 Å². The van der Waals surface area contributed by atoms with Crippen LogP contribution in [-0.4, -0.2) is 16.7 Å². The van der Waals surface area contributed by atoms with Gasteiger partial charge < -0.3 is 14.6 Å². The van der Waals surface area contributed by atoms with Gasteiger partial charge in [-0.15, -0.1) is 0 Å². The molecule has 5 heteroatoms. The fourth-order valence-electron chi connectivity index (χ4n) is 3.12. The first-order chi connectivity index (χ1) is 13.4. The number of nitrogens with zero attached hydrogens (tertiary/aromatic N) is 1. The smallest absolute Gasteiger partial charge is 0.290 e. The topological polar surface area (TPSA) is 62.6 Å². The van der Waals surface area contributed by atoms with Crippen LogP contribution in [0.4, 0.5) is 5.69 Å². The van der Waals surface area contributed by atoms with Crippen LogP contribution >= 0.6 is 0 Å². The molecule has 0 saturated heterocycles. The molecule has 1 N–H and O–H groups in total. The molecule has 0 fully saturated rings. The third kappa shape index (κ3) is 4.68. The molecular formula is C23H24N2O3. The van der Waals surface area contributed by atoms with Gasteiger partial charge >= 0.3 is 0 Å². The van der Waals surface area contributed by atoms with E-state index in [0.717, 1.165) is 11.1 Å². The summed E-state index contributed by atoms with van der Waals surface area (Å²) in [5.41, 5.74) is 2.67. The fraction of sp³-hybridized carbons (Fsp3) is 0.217. The highest BCUT2D eigenvalue weighted by atomic mass is 16.3. The number of benzene rings is 2. The third-order valence-corrected chi connectivity index (χ3v) is 4.56. The number of amides is 2. The fourth-order valence-corrected chi connectivity index (χ4v) is 3.12. The molecule has 0 bridgehead atoms. The number of hydrogen-bond donors (Lipinski definition) is 1. The van der Waals surface area contributed by atoms with Crippen molar-refractivity contribution in [2.24, 2.45) is 0 Å². The molecule has 2 amide bonds. The van der Waals surface area contributed by atoms with Crippen molar-refractivity contribution in [3.05, 3.63) is 89.4 Å². The minimum Gasteiger partial charge on any atom is -0.456 e. The molecule has 3 aromatic rings. The Morgan fingerprint density at radius 3 is 2.43 bits per heavy atom. The monoisotopic (exact) mass is 376 g/mol. The van der Waals surface area contributed by atoms with E-state index in [0.29, 0.717) is 23.8 Å². The first-order valence-electron chi connectivity index (χ1n) is 9.23. The molecule has 1 heterocycles. The van der Waals surface area contributed by atoms with E-state index in [-0.39, 0.29) is 17.9 Å². The van der Waals surface area contributed by atoms with Gasteiger partial charge in [0.1, 0.15) is 5.76 Å². The molecule has 0 aliphatic carbocycles. The summed E-state index contributed by atoms with van der Waals surface area (Å²) in [6.45, 7) is 5.72. The van der Waals surface area contributed by atoms with E-state index >= 15 is 0 Å². The van der Waals surface area contributed by atoms with Crippen molar-refractivity contribution in [2.45, 2.75) is 33.4 Å². The van der Waals surface area contributed by atoms with Crippen LogP contribution in [0.5, 0.6) is 0 Å². The van der Waals surface area contributed by atoms with E-state index in [2.05, 4.69) is 5.32 Å². The van der Waals surface area contributed by atoms with Crippen LogP contribution < -0.4 is 5.32 Å². The minimum absolute atomic E-state index is 0.131. The maximum atomic E-state index is 13.2. The zero-order valence-electron chi connectivity index (χ0n) is 16.3. The molecule has 0 aliphatic rings. The van der Waals surface area contributed by atoms with Gasteiger partial charge in [0.25, 0.3) is 5.91 Å². The predicted molar refractivity (Wildman–Crippen MR) is 109 cm³/mol. The van der Waals surface area contributed by atoms with Crippen molar-refractivity contribution < 1.29 is 14.0 Å². The highest BCUT2D eigenvalue weighted by molar-refractivity contribution is 5.92. The Labute approximate surface area is 165 Å². The van der Waals surface area contributed by atoms with E-state index < -0.39 is 0 Å². The van der Waals surface area contributed by atoms with Gasteiger partial charge in [-0.05, 0) is 49.2 Å². The second-order valence-corrected chi connectivity index (χ2v) is 6.81. The van der Waals surface area contributed by atoms with Crippen molar-refractivity contribution in [2.75, 3.05) is 5.32 Å². The molecule has 0 radical (unpaired) electrons. The number of carbonyl (C=O) groups is 2. The summed E-state index contributed by atoms with van der Waals surface area (Å²) in [5, 5.41) is 2.79. The van der Waals surface area contributed by atoms with Gasteiger partial charge in [0, 0.05) is 19.2 Å². The number of furan rings is 1. The lowest BCUT2D eigenvalue weighted by Crippen LogP contribution is -2.33. The summed E-state index contributed by atoms with van der Waals surface area (Å²) in [5.74, 6) is 0.712. The van der Waals surface area contributed by atoms with Crippen LogP contribution in [0.2, 0.25) is 0 Å². The zero-order chi connectivity index (χ0) is 20.1. The third-order valence-electron chi connectivity index (χ3n) is 4.56. The molecule has 144 valence electrons. The molecule has 2 aromatic carbocycles. The first-order valence-corrected chi connectivity index (χ1v) is 9.23. The van der Waals surface area contributed by atoms with Crippen LogP contribution in [0.25, 0.3) is 0 Å². The van der Waals surface area contributed by atoms with Gasteiger partial charge in [-0.2, -0.15) is 0 Å². The standard InChI is InChI=1S/C23H24N2O3/c1-16-12-13-22(28-16)23(27)25(15-19-8-5-4-6-9-19)17(2)20-10-7-11-21(14-20)24-18(3)26/h4-14,17H,15H2,1-3H3,(H,24,26). The lowest BCUT2D eigenvalue weighted by molar-refractivity contribution is -0.114. The summed E-state index contributed by atoms with van der Waals surface area (Å²) in [6, 6.07) is 20.7. The van der Waals surface area contributed by atoms with Gasteiger partial charge in [0.2, 0.25) is 5.91 Å². The molecule has 1 atom stereocenters. The summed E-state index contributed by atoms with van der Waals surface area (Å²) >= 11 is 0. The van der Waals surface area contributed by atoms with Gasteiger partial charge in [-0.25, -0.2) is 0 Å². The van der Waals surface area contributed by atoms with E-state index in [4.69, 9.17) is 4.42 Å². The number of aryl methyl sites for hydroxylation is 1. The molecular weight excluding hydrogens is 352 g/mol. The molecule has 1 unspecified atom stereocenters. The predicted octanol–water partition coefficient (Wildman–Crippen LogP) is 4.95. The minimum atomic E-state index is -0.216. The second-order valence-electron chi connectivity index (χ2n) is 6.81. The number of rotatable bonds is 6. The molecule has 5 nitrogen and oxygen atoms in total. The Bertz CT molecular complexity index is 963. The maximum Gasteiger partial charge on any atom is 0.290 e. The number of anilines is 1. The van der Waals surface area contributed by atoms with Crippen molar-refractivity contribution in [1.82, 2.24) is 4.90 Å². The van der Waals surface area contributed by atoms with Crippen LogP contribution in [0, 0.1) is 6.92 Å². The highest BCUT2D eigenvalue weighted by Gasteiger charge is 2.25. The molecule has 1 aromatic heterocycles. The van der Waals surface area contributed by atoms with Crippen molar-refractivity contribution >= 4 is 17.5 Å². The van der Waals surface area contributed by atoms with Crippen molar-refractivity contribution in [3.63, 3.8) is 0 Å². The normalized spacial score (nSPS) is 11.7. The summed E-state index contributed by atoms with van der Waals surface area (Å²) in [7, 11) is 0. The Morgan fingerprint density at radius 2 is 1.79 bits per heavy atom. The first kappa shape index (κ1) is 19.4. The Balaban J connectivity index is 1.93. The molecule has 28 heavy (non-hydrogen) atoms. The van der Waals surface area contributed by atoms with E-state index in [9.17, 15) is 9.59 Å². The average molecular weight is 376 g/mol.